The molecule has 0 heterocycles. The number of primary amides is 1. The zero-order valence-electron chi connectivity index (χ0n) is 11.2. The Morgan fingerprint density at radius 3 is 2.06 bits per heavy atom. The van der Waals surface area contributed by atoms with Crippen LogP contribution in [0.4, 0.5) is 0 Å². The fourth-order valence-corrected chi connectivity index (χ4v) is 2.35. The third-order valence-electron chi connectivity index (χ3n) is 3.26. The van der Waals surface area contributed by atoms with Crippen molar-refractivity contribution in [1.29, 1.82) is 0 Å². The van der Waals surface area contributed by atoms with E-state index < -0.39 is 0 Å². The second-order valence-corrected chi connectivity index (χ2v) is 4.33. The van der Waals surface area contributed by atoms with E-state index in [1.54, 1.807) is 0 Å². The summed E-state index contributed by atoms with van der Waals surface area (Å²) >= 11 is 0. The number of hydrogen-bond donors (Lipinski definition) is 1. The molecule has 0 radical (unpaired) electrons. The Morgan fingerprint density at radius 2 is 1.71 bits per heavy atom. The molecule has 3 nitrogen and oxygen atoms in total. The normalized spacial score (nSPS) is 12.8. The Morgan fingerprint density at radius 1 is 1.24 bits per heavy atom. The molecule has 2 N–H and O–H groups in total. The summed E-state index contributed by atoms with van der Waals surface area (Å²) in [6.45, 7) is 9.79. The van der Waals surface area contributed by atoms with Crippen LogP contribution in [0.5, 0.6) is 0 Å². The highest BCUT2D eigenvalue weighted by Crippen LogP contribution is 2.26. The van der Waals surface area contributed by atoms with Gasteiger partial charge in [0.2, 0.25) is 5.91 Å². The number of benzene rings is 1. The van der Waals surface area contributed by atoms with Crippen LogP contribution < -0.4 is 5.73 Å². The van der Waals surface area contributed by atoms with Gasteiger partial charge in [-0.3, -0.25) is 9.69 Å². The summed E-state index contributed by atoms with van der Waals surface area (Å²) < 4.78 is 0. The van der Waals surface area contributed by atoms with Crippen LogP contribution in [0.1, 0.15) is 36.6 Å². The molecule has 0 aromatic heterocycles. The SMILES string of the molecule is CCN(CC)C(C(N)=O)c1c(C)cccc1C. The molecule has 1 amide bonds. The Labute approximate surface area is 104 Å². The Kier molecular flexibility index (Phi) is 4.70. The number of hydrogen-bond acceptors (Lipinski definition) is 2. The number of rotatable bonds is 5. The molecule has 0 saturated carbocycles. The summed E-state index contributed by atoms with van der Waals surface area (Å²) in [5, 5.41) is 0. The van der Waals surface area contributed by atoms with Gasteiger partial charge in [-0.1, -0.05) is 32.0 Å². The maximum atomic E-state index is 11.7. The van der Waals surface area contributed by atoms with Crippen molar-refractivity contribution < 1.29 is 4.79 Å². The van der Waals surface area contributed by atoms with Crippen LogP contribution in [-0.2, 0) is 4.79 Å². The largest absolute Gasteiger partial charge is 0.368 e. The quantitative estimate of drug-likeness (QED) is 0.848. The van der Waals surface area contributed by atoms with E-state index in [0.717, 1.165) is 29.8 Å². The Balaban J connectivity index is 3.27. The van der Waals surface area contributed by atoms with Gasteiger partial charge >= 0.3 is 0 Å². The molecule has 3 heteroatoms. The number of amides is 1. The van der Waals surface area contributed by atoms with Crippen molar-refractivity contribution in [3.63, 3.8) is 0 Å². The van der Waals surface area contributed by atoms with Crippen LogP contribution in [0.3, 0.4) is 0 Å². The van der Waals surface area contributed by atoms with E-state index in [4.69, 9.17) is 5.73 Å². The molecule has 0 spiro atoms. The zero-order chi connectivity index (χ0) is 13.0. The predicted octanol–water partition coefficient (Wildman–Crippen LogP) is 2.17. The summed E-state index contributed by atoms with van der Waals surface area (Å²) in [6.07, 6.45) is 0. The third kappa shape index (κ3) is 2.86. The minimum Gasteiger partial charge on any atom is -0.368 e. The molecule has 1 atom stereocenters. The molecule has 0 aliphatic heterocycles. The highest BCUT2D eigenvalue weighted by Gasteiger charge is 2.26. The summed E-state index contributed by atoms with van der Waals surface area (Å²) in [4.78, 5) is 13.8. The smallest absolute Gasteiger partial charge is 0.239 e. The lowest BCUT2D eigenvalue weighted by Gasteiger charge is -2.29. The molecule has 94 valence electrons. The van der Waals surface area contributed by atoms with Gasteiger partial charge in [0.05, 0.1) is 0 Å². The Bertz CT molecular complexity index is 377. The predicted molar refractivity (Wildman–Crippen MR) is 70.8 cm³/mol. The number of aryl methyl sites for hydroxylation is 2. The zero-order valence-corrected chi connectivity index (χ0v) is 11.2. The summed E-state index contributed by atoms with van der Waals surface area (Å²) in [6, 6.07) is 5.75. The molecule has 1 rings (SSSR count). The van der Waals surface area contributed by atoms with E-state index in [1.165, 1.54) is 0 Å². The average Bonchev–Trinajstić information content (AvgIpc) is 2.27. The number of carbonyl (C=O) groups is 1. The number of nitrogens with two attached hydrogens (primary N) is 1. The monoisotopic (exact) mass is 234 g/mol. The van der Waals surface area contributed by atoms with Crippen molar-refractivity contribution in [3.05, 3.63) is 34.9 Å². The van der Waals surface area contributed by atoms with Crippen LogP contribution in [0.2, 0.25) is 0 Å². The number of likely N-dealkylation sites (N-methyl/N-ethyl adjacent to an activating group) is 1. The van der Waals surface area contributed by atoms with Crippen LogP contribution in [0.25, 0.3) is 0 Å². The standard InChI is InChI=1S/C14H22N2O/c1-5-16(6-2)13(14(15)17)12-10(3)8-7-9-11(12)4/h7-9,13H,5-6H2,1-4H3,(H2,15,17). The fourth-order valence-electron chi connectivity index (χ4n) is 2.35. The lowest BCUT2D eigenvalue weighted by Crippen LogP contribution is -2.38. The lowest BCUT2D eigenvalue weighted by molar-refractivity contribution is -0.123. The van der Waals surface area contributed by atoms with Crippen molar-refractivity contribution in [2.75, 3.05) is 13.1 Å². The van der Waals surface area contributed by atoms with Crippen LogP contribution in [-0.4, -0.2) is 23.9 Å². The van der Waals surface area contributed by atoms with Gasteiger partial charge in [0, 0.05) is 0 Å². The van der Waals surface area contributed by atoms with Gasteiger partial charge in [-0.2, -0.15) is 0 Å². The first-order valence-electron chi connectivity index (χ1n) is 6.12. The third-order valence-corrected chi connectivity index (χ3v) is 3.26. The van der Waals surface area contributed by atoms with Crippen molar-refractivity contribution in [1.82, 2.24) is 4.90 Å². The van der Waals surface area contributed by atoms with Gasteiger partial charge < -0.3 is 5.73 Å². The first-order chi connectivity index (χ1) is 8.02. The second kappa shape index (κ2) is 5.82. The number of nitrogens with zero attached hydrogens (tertiary/aromatic N) is 1. The molecule has 1 aromatic rings. The molecule has 0 saturated heterocycles. The van der Waals surface area contributed by atoms with E-state index in [1.807, 2.05) is 45.9 Å². The summed E-state index contributed by atoms with van der Waals surface area (Å²) in [5.41, 5.74) is 8.89. The molecular weight excluding hydrogens is 212 g/mol. The maximum absolute atomic E-state index is 11.7. The van der Waals surface area contributed by atoms with E-state index in [0.29, 0.717) is 0 Å². The van der Waals surface area contributed by atoms with Gasteiger partial charge in [-0.05, 0) is 43.6 Å². The van der Waals surface area contributed by atoms with Gasteiger partial charge in [0.1, 0.15) is 6.04 Å². The Hall–Kier alpha value is -1.35. The van der Waals surface area contributed by atoms with Crippen LogP contribution >= 0.6 is 0 Å². The summed E-state index contributed by atoms with van der Waals surface area (Å²) in [7, 11) is 0. The second-order valence-electron chi connectivity index (χ2n) is 4.33. The van der Waals surface area contributed by atoms with Crippen molar-refractivity contribution in [2.24, 2.45) is 5.73 Å². The first kappa shape index (κ1) is 13.7. The van der Waals surface area contributed by atoms with Crippen molar-refractivity contribution in [2.45, 2.75) is 33.7 Å². The summed E-state index contributed by atoms with van der Waals surface area (Å²) in [5.74, 6) is -0.272. The van der Waals surface area contributed by atoms with E-state index in [2.05, 4.69) is 4.90 Å². The van der Waals surface area contributed by atoms with Gasteiger partial charge in [-0.15, -0.1) is 0 Å². The van der Waals surface area contributed by atoms with E-state index in [-0.39, 0.29) is 11.9 Å². The van der Waals surface area contributed by atoms with Crippen LogP contribution in [0, 0.1) is 13.8 Å². The molecule has 17 heavy (non-hydrogen) atoms. The van der Waals surface area contributed by atoms with Gasteiger partial charge in [0.25, 0.3) is 0 Å². The minimum absolute atomic E-state index is 0.272. The highest BCUT2D eigenvalue weighted by molar-refractivity contribution is 5.82. The molecule has 0 bridgehead atoms. The first-order valence-corrected chi connectivity index (χ1v) is 6.12. The van der Waals surface area contributed by atoms with Crippen LogP contribution in [0.15, 0.2) is 18.2 Å². The van der Waals surface area contributed by atoms with Gasteiger partial charge in [-0.25, -0.2) is 0 Å². The van der Waals surface area contributed by atoms with Crippen molar-refractivity contribution in [3.8, 4) is 0 Å². The number of carbonyl (C=O) groups excluding carboxylic acids is 1. The molecule has 0 aliphatic carbocycles. The molecule has 0 fully saturated rings. The molecule has 1 aromatic carbocycles. The van der Waals surface area contributed by atoms with E-state index in [9.17, 15) is 4.79 Å². The topological polar surface area (TPSA) is 46.3 Å². The fraction of sp³-hybridized carbons (Fsp3) is 0.500. The minimum atomic E-state index is -0.314. The maximum Gasteiger partial charge on any atom is 0.239 e. The van der Waals surface area contributed by atoms with Crippen molar-refractivity contribution >= 4 is 5.91 Å². The molecule has 0 aliphatic rings. The molecular formula is C14H22N2O. The van der Waals surface area contributed by atoms with E-state index >= 15 is 0 Å². The average molecular weight is 234 g/mol. The highest BCUT2D eigenvalue weighted by atomic mass is 16.1. The lowest BCUT2D eigenvalue weighted by atomic mass is 9.94. The molecule has 1 unspecified atom stereocenters. The van der Waals surface area contributed by atoms with Gasteiger partial charge in [0.15, 0.2) is 0 Å².